The lowest BCUT2D eigenvalue weighted by Crippen LogP contribution is -2.49. The van der Waals surface area contributed by atoms with E-state index in [1.165, 1.54) is 0 Å². The Morgan fingerprint density at radius 1 is 1.33 bits per heavy atom. The molecular weight excluding hydrogens is 328 g/mol. The fourth-order valence-corrected chi connectivity index (χ4v) is 2.83. The molecule has 2 aromatic carbocycles. The molecule has 0 aliphatic carbocycles. The average Bonchev–Trinajstić information content (AvgIpc) is 2.54. The molecule has 0 saturated carbocycles. The summed E-state index contributed by atoms with van der Waals surface area (Å²) in [5, 5.41) is 12.3. The quantitative estimate of drug-likeness (QED) is 0.850. The summed E-state index contributed by atoms with van der Waals surface area (Å²) < 4.78 is 5.37. The lowest BCUT2D eigenvalue weighted by molar-refractivity contribution is -0.134. The number of carbonyl (C=O) groups excluding carboxylic acids is 2. The molecule has 1 atom stereocenters. The molecule has 0 radical (unpaired) electrons. The molecule has 1 aliphatic rings. The fraction of sp³-hybridized carbons (Fsp3) is 0.167. The van der Waals surface area contributed by atoms with Gasteiger partial charge in [0.1, 0.15) is 6.07 Å². The molecule has 0 aromatic heterocycles. The van der Waals surface area contributed by atoms with Gasteiger partial charge in [-0.1, -0.05) is 23.7 Å². The predicted octanol–water partition coefficient (Wildman–Crippen LogP) is 3.32. The van der Waals surface area contributed by atoms with Gasteiger partial charge in [-0.25, -0.2) is 4.79 Å². The predicted molar refractivity (Wildman–Crippen MR) is 88.8 cm³/mol. The maximum absolute atomic E-state index is 12.7. The van der Waals surface area contributed by atoms with E-state index in [4.69, 9.17) is 21.6 Å². The van der Waals surface area contributed by atoms with E-state index in [2.05, 4.69) is 5.32 Å². The molecule has 1 unspecified atom stereocenters. The number of para-hydroxylation sites is 1. The fourth-order valence-electron chi connectivity index (χ4n) is 2.64. The van der Waals surface area contributed by atoms with Gasteiger partial charge < -0.3 is 10.1 Å². The van der Waals surface area contributed by atoms with Crippen LogP contribution in [0.4, 0.5) is 5.69 Å². The van der Waals surface area contributed by atoms with E-state index in [-0.39, 0.29) is 6.42 Å². The Kier molecular flexibility index (Phi) is 4.00. The van der Waals surface area contributed by atoms with Crippen molar-refractivity contribution in [3.8, 4) is 6.07 Å². The van der Waals surface area contributed by atoms with Crippen LogP contribution in [0.5, 0.6) is 0 Å². The van der Waals surface area contributed by atoms with Gasteiger partial charge in [-0.3, -0.25) is 4.79 Å². The number of esters is 1. The number of ether oxygens (including phenoxy) is 1. The molecule has 2 aromatic rings. The van der Waals surface area contributed by atoms with E-state index in [9.17, 15) is 9.59 Å². The summed E-state index contributed by atoms with van der Waals surface area (Å²) in [6.45, 7) is 1.54. The summed E-state index contributed by atoms with van der Waals surface area (Å²) >= 11 is 5.98. The van der Waals surface area contributed by atoms with Crippen LogP contribution in [0.3, 0.4) is 0 Å². The van der Waals surface area contributed by atoms with Crippen molar-refractivity contribution in [1.82, 2.24) is 0 Å². The Morgan fingerprint density at radius 3 is 2.83 bits per heavy atom. The van der Waals surface area contributed by atoms with E-state index in [1.54, 1.807) is 49.4 Å². The van der Waals surface area contributed by atoms with Crippen molar-refractivity contribution in [2.45, 2.75) is 18.9 Å². The number of nitrogens with zero attached hydrogens (tertiary/aromatic N) is 1. The molecule has 24 heavy (non-hydrogen) atoms. The molecule has 1 heterocycles. The zero-order valence-corrected chi connectivity index (χ0v) is 13.6. The van der Waals surface area contributed by atoms with Gasteiger partial charge in [0.05, 0.1) is 16.8 Å². The Morgan fingerprint density at radius 2 is 2.08 bits per heavy atom. The van der Waals surface area contributed by atoms with E-state index >= 15 is 0 Å². The molecular formula is C18H13ClN2O3. The van der Waals surface area contributed by atoms with Crippen LogP contribution in [-0.4, -0.2) is 17.5 Å². The third kappa shape index (κ3) is 2.84. The Balaban J connectivity index is 1.90. The lowest BCUT2D eigenvalue weighted by Gasteiger charge is -2.33. The van der Waals surface area contributed by atoms with Crippen LogP contribution in [0.2, 0.25) is 5.02 Å². The summed E-state index contributed by atoms with van der Waals surface area (Å²) in [4.78, 5) is 24.9. The van der Waals surface area contributed by atoms with E-state index in [0.29, 0.717) is 27.4 Å². The number of halogens is 1. The minimum absolute atomic E-state index is 0.204. The van der Waals surface area contributed by atoms with Crippen LogP contribution in [-0.2, 0) is 16.0 Å². The van der Waals surface area contributed by atoms with Gasteiger partial charge in [0.15, 0.2) is 5.60 Å². The molecule has 120 valence electrons. The molecule has 0 spiro atoms. The number of rotatable bonds is 2. The van der Waals surface area contributed by atoms with Crippen molar-refractivity contribution in [1.29, 1.82) is 5.26 Å². The van der Waals surface area contributed by atoms with Crippen molar-refractivity contribution in [2.24, 2.45) is 0 Å². The van der Waals surface area contributed by atoms with E-state index in [0.717, 1.165) is 0 Å². The van der Waals surface area contributed by atoms with Crippen LogP contribution >= 0.6 is 11.6 Å². The number of anilines is 1. The van der Waals surface area contributed by atoms with Gasteiger partial charge in [0.25, 0.3) is 5.91 Å². The van der Waals surface area contributed by atoms with Crippen molar-refractivity contribution in [2.75, 3.05) is 5.32 Å². The van der Waals surface area contributed by atoms with Gasteiger partial charge in [-0.2, -0.15) is 5.26 Å². The number of benzene rings is 2. The maximum atomic E-state index is 12.7. The minimum atomic E-state index is -1.38. The van der Waals surface area contributed by atoms with Gasteiger partial charge in [0, 0.05) is 11.4 Å². The molecule has 6 heteroatoms. The Bertz CT molecular complexity index is 888. The topological polar surface area (TPSA) is 79.2 Å². The van der Waals surface area contributed by atoms with Gasteiger partial charge in [-0.15, -0.1) is 0 Å². The van der Waals surface area contributed by atoms with Crippen molar-refractivity contribution >= 4 is 29.2 Å². The molecule has 3 rings (SSSR count). The summed E-state index contributed by atoms with van der Waals surface area (Å²) in [5.41, 5.74) is 0.392. The third-order valence-corrected chi connectivity index (χ3v) is 4.14. The van der Waals surface area contributed by atoms with Crippen molar-refractivity contribution in [3.63, 3.8) is 0 Å². The summed E-state index contributed by atoms with van der Waals surface area (Å²) in [6, 6.07) is 13.5. The summed E-state index contributed by atoms with van der Waals surface area (Å²) in [5.74, 6) is -1.07. The number of hydrogen-bond acceptors (Lipinski definition) is 4. The first-order chi connectivity index (χ1) is 11.4. The first kappa shape index (κ1) is 16.0. The number of amides is 1. The van der Waals surface area contributed by atoms with E-state index in [1.807, 2.05) is 6.07 Å². The van der Waals surface area contributed by atoms with Crippen LogP contribution in [0.15, 0.2) is 42.5 Å². The Labute approximate surface area is 143 Å². The number of carbonyl (C=O) groups is 2. The third-order valence-electron chi connectivity index (χ3n) is 3.91. The van der Waals surface area contributed by atoms with Crippen LogP contribution in [0, 0.1) is 11.3 Å². The highest BCUT2D eigenvalue weighted by atomic mass is 35.5. The number of nitriles is 1. The van der Waals surface area contributed by atoms with Gasteiger partial charge in [0.2, 0.25) is 0 Å². The summed E-state index contributed by atoms with van der Waals surface area (Å²) in [7, 11) is 0. The molecule has 1 amide bonds. The van der Waals surface area contributed by atoms with Crippen LogP contribution in [0.1, 0.15) is 28.4 Å². The summed E-state index contributed by atoms with van der Waals surface area (Å²) in [6.07, 6.45) is 0.204. The highest BCUT2D eigenvalue weighted by Gasteiger charge is 2.43. The second-order valence-electron chi connectivity index (χ2n) is 5.71. The number of cyclic esters (lactones) is 1. The molecule has 0 saturated heterocycles. The number of hydrogen-bond donors (Lipinski definition) is 1. The standard InChI is InChI=1S/C18H13ClN2O3/c1-18(17(23)21-15-5-3-2-4-11(15)10-20)9-12-8-13(19)6-7-14(12)16(22)24-18/h2-8H,9H2,1H3,(H,21,23). The second-order valence-corrected chi connectivity index (χ2v) is 6.15. The zero-order chi connectivity index (χ0) is 17.3. The number of nitrogens with one attached hydrogen (secondary N) is 1. The maximum Gasteiger partial charge on any atom is 0.339 e. The van der Waals surface area contributed by atoms with Crippen molar-refractivity contribution < 1.29 is 14.3 Å². The minimum Gasteiger partial charge on any atom is -0.445 e. The Hall–Kier alpha value is -2.84. The molecule has 0 fully saturated rings. The first-order valence-corrected chi connectivity index (χ1v) is 7.63. The SMILES string of the molecule is CC1(C(=O)Nc2ccccc2C#N)Cc2cc(Cl)ccc2C(=O)O1. The van der Waals surface area contributed by atoms with Gasteiger partial charge >= 0.3 is 5.97 Å². The zero-order valence-electron chi connectivity index (χ0n) is 12.8. The second kappa shape index (κ2) is 5.99. The molecule has 5 nitrogen and oxygen atoms in total. The first-order valence-electron chi connectivity index (χ1n) is 7.25. The molecule has 0 bridgehead atoms. The van der Waals surface area contributed by atoms with Crippen LogP contribution in [0.25, 0.3) is 0 Å². The lowest BCUT2D eigenvalue weighted by atomic mass is 9.89. The van der Waals surface area contributed by atoms with Gasteiger partial charge in [-0.05, 0) is 42.8 Å². The highest BCUT2D eigenvalue weighted by Crippen LogP contribution is 2.31. The largest absolute Gasteiger partial charge is 0.445 e. The monoisotopic (exact) mass is 340 g/mol. The molecule has 1 aliphatic heterocycles. The number of fused-ring (bicyclic) bond motifs is 1. The molecule has 1 N–H and O–H groups in total. The average molecular weight is 341 g/mol. The normalized spacial score (nSPS) is 19.0. The van der Waals surface area contributed by atoms with Crippen LogP contribution < -0.4 is 5.32 Å². The smallest absolute Gasteiger partial charge is 0.339 e. The highest BCUT2D eigenvalue weighted by molar-refractivity contribution is 6.30. The van der Waals surface area contributed by atoms with Crippen molar-refractivity contribution in [3.05, 3.63) is 64.2 Å². The van der Waals surface area contributed by atoms with E-state index < -0.39 is 17.5 Å².